The van der Waals surface area contributed by atoms with Gasteiger partial charge in [-0.05, 0) is 6.92 Å². The maximum absolute atomic E-state index is 13.5. The third-order valence-electron chi connectivity index (χ3n) is 2.64. The molecule has 2 rings (SSSR count). The molecule has 0 saturated carbocycles. The Balaban J connectivity index is 2.00. The standard InChI is InChI=1S/C13H17FN4O/c1-2-19-12-8-11(10(15)7-9(12)14)16-4-3-13-17-5-6-18-13/h5-8,16H,2-4,15H2,1H3,(H,17,18). The molecule has 1 aromatic heterocycles. The average molecular weight is 264 g/mol. The summed E-state index contributed by atoms with van der Waals surface area (Å²) in [5.41, 5.74) is 6.79. The Labute approximate surface area is 111 Å². The van der Waals surface area contributed by atoms with Crippen LogP contribution in [0.2, 0.25) is 0 Å². The first-order valence-electron chi connectivity index (χ1n) is 6.14. The zero-order chi connectivity index (χ0) is 13.7. The van der Waals surface area contributed by atoms with Gasteiger partial charge in [-0.25, -0.2) is 9.37 Å². The molecule has 1 heterocycles. The highest BCUT2D eigenvalue weighted by atomic mass is 19.1. The largest absolute Gasteiger partial charge is 0.491 e. The molecule has 0 spiro atoms. The zero-order valence-electron chi connectivity index (χ0n) is 10.7. The number of benzene rings is 1. The number of H-pyrrole nitrogens is 1. The molecule has 0 aliphatic carbocycles. The summed E-state index contributed by atoms with van der Waals surface area (Å²) in [6, 6.07) is 2.84. The van der Waals surface area contributed by atoms with E-state index < -0.39 is 5.82 Å². The second kappa shape index (κ2) is 6.08. The van der Waals surface area contributed by atoms with E-state index in [-0.39, 0.29) is 5.75 Å². The lowest BCUT2D eigenvalue weighted by Gasteiger charge is -2.12. The SMILES string of the molecule is CCOc1cc(NCCc2ncc[nH]2)c(N)cc1F. The van der Waals surface area contributed by atoms with Crippen molar-refractivity contribution in [2.24, 2.45) is 0 Å². The molecule has 0 unspecified atom stereocenters. The van der Waals surface area contributed by atoms with Gasteiger partial charge in [0.1, 0.15) is 5.82 Å². The fourth-order valence-electron chi connectivity index (χ4n) is 1.74. The van der Waals surface area contributed by atoms with Crippen LogP contribution in [0.25, 0.3) is 0 Å². The Morgan fingerprint density at radius 1 is 1.47 bits per heavy atom. The van der Waals surface area contributed by atoms with Gasteiger partial charge in [0.25, 0.3) is 0 Å². The van der Waals surface area contributed by atoms with Gasteiger partial charge >= 0.3 is 0 Å². The van der Waals surface area contributed by atoms with Gasteiger partial charge < -0.3 is 20.8 Å². The van der Waals surface area contributed by atoms with Crippen molar-refractivity contribution in [3.63, 3.8) is 0 Å². The molecule has 0 saturated heterocycles. The lowest BCUT2D eigenvalue weighted by Crippen LogP contribution is -2.08. The normalized spacial score (nSPS) is 10.4. The highest BCUT2D eigenvalue weighted by Gasteiger charge is 2.08. The second-order valence-corrected chi connectivity index (χ2v) is 4.02. The van der Waals surface area contributed by atoms with Crippen molar-refractivity contribution in [3.8, 4) is 5.75 Å². The van der Waals surface area contributed by atoms with E-state index in [4.69, 9.17) is 10.5 Å². The molecule has 102 valence electrons. The Kier molecular flexibility index (Phi) is 4.22. The van der Waals surface area contributed by atoms with Crippen molar-refractivity contribution in [1.29, 1.82) is 0 Å². The average Bonchev–Trinajstić information content (AvgIpc) is 2.88. The van der Waals surface area contributed by atoms with E-state index in [2.05, 4.69) is 15.3 Å². The molecule has 0 atom stereocenters. The lowest BCUT2D eigenvalue weighted by molar-refractivity contribution is 0.322. The van der Waals surface area contributed by atoms with E-state index in [0.717, 1.165) is 12.2 Å². The van der Waals surface area contributed by atoms with Gasteiger partial charge in [-0.1, -0.05) is 0 Å². The number of ether oxygens (including phenoxy) is 1. The first kappa shape index (κ1) is 13.2. The first-order valence-corrected chi connectivity index (χ1v) is 6.14. The molecule has 19 heavy (non-hydrogen) atoms. The molecule has 2 aromatic rings. The van der Waals surface area contributed by atoms with Crippen LogP contribution in [-0.2, 0) is 6.42 Å². The van der Waals surface area contributed by atoms with Crippen molar-refractivity contribution in [1.82, 2.24) is 9.97 Å². The van der Waals surface area contributed by atoms with Crippen LogP contribution in [0.5, 0.6) is 5.75 Å². The summed E-state index contributed by atoms with van der Waals surface area (Å²) in [5.74, 6) is 0.645. The summed E-state index contributed by atoms with van der Waals surface area (Å²) in [6.45, 7) is 2.86. The fourth-order valence-corrected chi connectivity index (χ4v) is 1.74. The summed E-state index contributed by atoms with van der Waals surface area (Å²) in [4.78, 5) is 7.13. The number of imidazole rings is 1. The van der Waals surface area contributed by atoms with Gasteiger partial charge in [-0.15, -0.1) is 0 Å². The van der Waals surface area contributed by atoms with Gasteiger partial charge in [0, 0.05) is 37.5 Å². The molecule has 0 amide bonds. The number of hydrogen-bond acceptors (Lipinski definition) is 4. The third-order valence-corrected chi connectivity index (χ3v) is 2.64. The van der Waals surface area contributed by atoms with Gasteiger partial charge in [0.05, 0.1) is 18.0 Å². The number of halogens is 1. The molecule has 0 aliphatic heterocycles. The summed E-state index contributed by atoms with van der Waals surface area (Å²) in [5, 5.41) is 3.15. The van der Waals surface area contributed by atoms with Crippen LogP contribution in [0.3, 0.4) is 0 Å². The van der Waals surface area contributed by atoms with Gasteiger partial charge in [-0.2, -0.15) is 0 Å². The van der Waals surface area contributed by atoms with Crippen LogP contribution >= 0.6 is 0 Å². The van der Waals surface area contributed by atoms with Crippen molar-refractivity contribution in [2.45, 2.75) is 13.3 Å². The minimum absolute atomic E-state index is 0.206. The van der Waals surface area contributed by atoms with E-state index in [9.17, 15) is 4.39 Å². The van der Waals surface area contributed by atoms with E-state index in [0.29, 0.717) is 24.5 Å². The Morgan fingerprint density at radius 3 is 3.00 bits per heavy atom. The summed E-state index contributed by atoms with van der Waals surface area (Å²) in [6.07, 6.45) is 4.21. The Morgan fingerprint density at radius 2 is 2.32 bits per heavy atom. The van der Waals surface area contributed by atoms with Gasteiger partial charge in [-0.3, -0.25) is 0 Å². The molecule has 5 nitrogen and oxygen atoms in total. The molecule has 0 aliphatic rings. The number of hydrogen-bond donors (Lipinski definition) is 3. The van der Waals surface area contributed by atoms with E-state index >= 15 is 0 Å². The summed E-state index contributed by atoms with van der Waals surface area (Å²) in [7, 11) is 0. The van der Waals surface area contributed by atoms with E-state index in [1.807, 2.05) is 0 Å². The number of aromatic amines is 1. The van der Waals surface area contributed by atoms with E-state index in [1.54, 1.807) is 25.4 Å². The maximum Gasteiger partial charge on any atom is 0.167 e. The molecular weight excluding hydrogens is 247 g/mol. The number of anilines is 2. The minimum atomic E-state index is -0.448. The highest BCUT2D eigenvalue weighted by Crippen LogP contribution is 2.28. The monoisotopic (exact) mass is 264 g/mol. The molecule has 0 fully saturated rings. The number of nitrogen functional groups attached to an aromatic ring is 1. The second-order valence-electron chi connectivity index (χ2n) is 4.02. The fraction of sp³-hybridized carbons (Fsp3) is 0.308. The summed E-state index contributed by atoms with van der Waals surface area (Å²) < 4.78 is 18.7. The van der Waals surface area contributed by atoms with Crippen LogP contribution in [0.4, 0.5) is 15.8 Å². The van der Waals surface area contributed by atoms with Crippen molar-refractivity contribution < 1.29 is 9.13 Å². The molecule has 1 aromatic carbocycles. The Hall–Kier alpha value is -2.24. The Bertz CT molecular complexity index is 528. The third kappa shape index (κ3) is 3.37. The summed E-state index contributed by atoms with van der Waals surface area (Å²) >= 11 is 0. The minimum Gasteiger partial charge on any atom is -0.491 e. The molecule has 0 bridgehead atoms. The number of nitrogens with one attached hydrogen (secondary N) is 2. The van der Waals surface area contributed by atoms with Crippen LogP contribution in [0.15, 0.2) is 24.5 Å². The highest BCUT2D eigenvalue weighted by molar-refractivity contribution is 5.68. The predicted molar refractivity (Wildman–Crippen MR) is 72.8 cm³/mol. The number of nitrogens with two attached hydrogens (primary N) is 1. The van der Waals surface area contributed by atoms with Crippen molar-refractivity contribution in [3.05, 3.63) is 36.2 Å². The number of rotatable bonds is 6. The molecular formula is C13H17FN4O. The predicted octanol–water partition coefficient (Wildman–Crippen LogP) is 2.18. The van der Waals surface area contributed by atoms with E-state index in [1.165, 1.54) is 6.07 Å². The number of nitrogens with zero attached hydrogens (tertiary/aromatic N) is 1. The molecule has 6 heteroatoms. The topological polar surface area (TPSA) is 76.0 Å². The van der Waals surface area contributed by atoms with Crippen LogP contribution in [0, 0.1) is 5.82 Å². The molecule has 4 N–H and O–H groups in total. The number of aromatic nitrogens is 2. The molecule has 0 radical (unpaired) electrons. The smallest absolute Gasteiger partial charge is 0.167 e. The van der Waals surface area contributed by atoms with Crippen molar-refractivity contribution >= 4 is 11.4 Å². The van der Waals surface area contributed by atoms with Crippen LogP contribution in [0.1, 0.15) is 12.7 Å². The van der Waals surface area contributed by atoms with Crippen LogP contribution < -0.4 is 15.8 Å². The maximum atomic E-state index is 13.5. The van der Waals surface area contributed by atoms with Crippen LogP contribution in [-0.4, -0.2) is 23.1 Å². The zero-order valence-corrected chi connectivity index (χ0v) is 10.7. The van der Waals surface area contributed by atoms with Gasteiger partial charge in [0.2, 0.25) is 0 Å². The lowest BCUT2D eigenvalue weighted by atomic mass is 10.2. The van der Waals surface area contributed by atoms with Crippen molar-refractivity contribution in [2.75, 3.05) is 24.2 Å². The van der Waals surface area contributed by atoms with Gasteiger partial charge in [0.15, 0.2) is 11.6 Å². The first-order chi connectivity index (χ1) is 9.20. The quantitative estimate of drug-likeness (QED) is 0.699.